The maximum Gasteiger partial charge on any atom is 0.225 e. The Labute approximate surface area is 103 Å². The Hall–Kier alpha value is -1.16. The summed E-state index contributed by atoms with van der Waals surface area (Å²) in [5.74, 6) is 0.832. The van der Waals surface area contributed by atoms with E-state index in [0.717, 1.165) is 31.9 Å². The Morgan fingerprint density at radius 1 is 1.41 bits per heavy atom. The fourth-order valence-corrected chi connectivity index (χ4v) is 2.29. The summed E-state index contributed by atoms with van der Waals surface area (Å²) >= 11 is 0. The van der Waals surface area contributed by atoms with Crippen molar-refractivity contribution in [2.45, 2.75) is 38.6 Å². The third kappa shape index (κ3) is 3.40. The van der Waals surface area contributed by atoms with Crippen LogP contribution >= 0.6 is 0 Å². The fraction of sp³-hybridized carbons (Fsp3) is 0.692. The number of hydrogen-bond acceptors (Lipinski definition) is 4. The van der Waals surface area contributed by atoms with Crippen molar-refractivity contribution in [2.75, 3.05) is 25.0 Å². The minimum absolute atomic E-state index is 0.596. The molecule has 2 heterocycles. The van der Waals surface area contributed by atoms with Gasteiger partial charge < -0.3 is 10.2 Å². The standard InChI is InChI=1S/C13H22N4/c1-3-5-11-8-15-13(16-9-11)17(2)10-12-6-4-7-14-12/h8-9,12,14H,3-7,10H2,1-2H3. The molecule has 2 rings (SSSR count). The van der Waals surface area contributed by atoms with E-state index in [9.17, 15) is 0 Å². The second kappa shape index (κ2) is 5.96. The predicted molar refractivity (Wildman–Crippen MR) is 70.3 cm³/mol. The van der Waals surface area contributed by atoms with Crippen molar-refractivity contribution in [3.63, 3.8) is 0 Å². The zero-order chi connectivity index (χ0) is 12.1. The first kappa shape index (κ1) is 12.3. The van der Waals surface area contributed by atoms with Crippen molar-refractivity contribution < 1.29 is 0 Å². The van der Waals surface area contributed by atoms with Gasteiger partial charge in [-0.1, -0.05) is 13.3 Å². The number of hydrogen-bond donors (Lipinski definition) is 1. The van der Waals surface area contributed by atoms with Gasteiger partial charge in [0.15, 0.2) is 0 Å². The molecule has 4 heteroatoms. The molecule has 94 valence electrons. The molecule has 4 nitrogen and oxygen atoms in total. The van der Waals surface area contributed by atoms with Gasteiger partial charge in [-0.05, 0) is 31.4 Å². The molecule has 0 amide bonds. The molecule has 0 aromatic carbocycles. The third-order valence-electron chi connectivity index (χ3n) is 3.23. The summed E-state index contributed by atoms with van der Waals surface area (Å²) in [6, 6.07) is 0.596. The van der Waals surface area contributed by atoms with Gasteiger partial charge in [-0.25, -0.2) is 9.97 Å². The molecular formula is C13H22N4. The monoisotopic (exact) mass is 234 g/mol. The first-order chi connectivity index (χ1) is 8.29. The summed E-state index contributed by atoms with van der Waals surface area (Å²) in [7, 11) is 2.06. The lowest BCUT2D eigenvalue weighted by Crippen LogP contribution is -2.36. The summed E-state index contributed by atoms with van der Waals surface area (Å²) < 4.78 is 0. The Balaban J connectivity index is 1.91. The lowest BCUT2D eigenvalue weighted by molar-refractivity contribution is 0.594. The molecule has 0 radical (unpaired) electrons. The van der Waals surface area contributed by atoms with Crippen molar-refractivity contribution in [1.29, 1.82) is 0 Å². The third-order valence-corrected chi connectivity index (χ3v) is 3.23. The molecule has 1 atom stereocenters. The van der Waals surface area contributed by atoms with Crippen LogP contribution in [0.1, 0.15) is 31.7 Å². The first-order valence-electron chi connectivity index (χ1n) is 6.55. The van der Waals surface area contributed by atoms with Crippen LogP contribution in [-0.4, -0.2) is 36.1 Å². The van der Waals surface area contributed by atoms with Crippen molar-refractivity contribution in [3.05, 3.63) is 18.0 Å². The maximum absolute atomic E-state index is 4.43. The van der Waals surface area contributed by atoms with E-state index in [0.29, 0.717) is 6.04 Å². The van der Waals surface area contributed by atoms with E-state index in [-0.39, 0.29) is 0 Å². The molecule has 0 bridgehead atoms. The lowest BCUT2D eigenvalue weighted by Gasteiger charge is -2.21. The highest BCUT2D eigenvalue weighted by Crippen LogP contribution is 2.11. The van der Waals surface area contributed by atoms with Crippen LogP contribution in [0.5, 0.6) is 0 Å². The van der Waals surface area contributed by atoms with Crippen molar-refractivity contribution in [1.82, 2.24) is 15.3 Å². The molecule has 1 aliphatic rings. The summed E-state index contributed by atoms with van der Waals surface area (Å²) in [6.45, 7) is 4.31. The van der Waals surface area contributed by atoms with Crippen LogP contribution in [0.2, 0.25) is 0 Å². The second-order valence-corrected chi connectivity index (χ2v) is 4.82. The predicted octanol–water partition coefficient (Wildman–Crippen LogP) is 1.62. The van der Waals surface area contributed by atoms with Gasteiger partial charge in [-0.15, -0.1) is 0 Å². The van der Waals surface area contributed by atoms with E-state index in [4.69, 9.17) is 0 Å². The SMILES string of the molecule is CCCc1cnc(N(C)CC2CCCN2)nc1. The van der Waals surface area contributed by atoms with Crippen LogP contribution in [0.15, 0.2) is 12.4 Å². The molecule has 1 saturated heterocycles. The Kier molecular flexibility index (Phi) is 4.31. The number of nitrogens with one attached hydrogen (secondary N) is 1. The highest BCUT2D eigenvalue weighted by Gasteiger charge is 2.16. The van der Waals surface area contributed by atoms with Crippen molar-refractivity contribution in [3.8, 4) is 0 Å². The molecule has 1 N–H and O–H groups in total. The number of aryl methyl sites for hydroxylation is 1. The molecule has 0 saturated carbocycles. The van der Waals surface area contributed by atoms with Crippen LogP contribution in [0.3, 0.4) is 0 Å². The quantitative estimate of drug-likeness (QED) is 0.840. The first-order valence-corrected chi connectivity index (χ1v) is 6.55. The van der Waals surface area contributed by atoms with Crippen molar-refractivity contribution in [2.24, 2.45) is 0 Å². The van der Waals surface area contributed by atoms with E-state index in [1.807, 2.05) is 12.4 Å². The molecule has 17 heavy (non-hydrogen) atoms. The minimum atomic E-state index is 0.596. The van der Waals surface area contributed by atoms with Crippen LogP contribution in [0.4, 0.5) is 5.95 Å². The van der Waals surface area contributed by atoms with Gasteiger partial charge in [0.05, 0.1) is 0 Å². The summed E-state index contributed by atoms with van der Waals surface area (Å²) in [4.78, 5) is 11.0. The van der Waals surface area contributed by atoms with Gasteiger partial charge in [-0.3, -0.25) is 0 Å². The van der Waals surface area contributed by atoms with Crippen molar-refractivity contribution >= 4 is 5.95 Å². The number of nitrogens with zero attached hydrogens (tertiary/aromatic N) is 3. The lowest BCUT2D eigenvalue weighted by atomic mass is 10.2. The topological polar surface area (TPSA) is 41.1 Å². The summed E-state index contributed by atoms with van der Waals surface area (Å²) in [6.07, 6.45) is 8.65. The van der Waals surface area contributed by atoms with Gasteiger partial charge >= 0.3 is 0 Å². The van der Waals surface area contributed by atoms with E-state index < -0.39 is 0 Å². The molecular weight excluding hydrogens is 212 g/mol. The molecule has 0 aliphatic carbocycles. The highest BCUT2D eigenvalue weighted by molar-refractivity contribution is 5.28. The molecule has 1 aromatic rings. The molecule has 1 aromatic heterocycles. The molecule has 0 spiro atoms. The Morgan fingerprint density at radius 3 is 2.76 bits per heavy atom. The molecule has 1 unspecified atom stereocenters. The van der Waals surface area contributed by atoms with E-state index in [1.165, 1.54) is 18.4 Å². The smallest absolute Gasteiger partial charge is 0.225 e. The summed E-state index contributed by atoms with van der Waals surface area (Å²) in [5.41, 5.74) is 1.23. The van der Waals surface area contributed by atoms with E-state index in [1.54, 1.807) is 0 Å². The van der Waals surface area contributed by atoms with Crippen LogP contribution in [0, 0.1) is 0 Å². The average Bonchev–Trinajstić information content (AvgIpc) is 2.83. The van der Waals surface area contributed by atoms with Crippen LogP contribution in [-0.2, 0) is 6.42 Å². The normalized spacial score (nSPS) is 19.5. The fourth-order valence-electron chi connectivity index (χ4n) is 2.29. The average molecular weight is 234 g/mol. The van der Waals surface area contributed by atoms with E-state index >= 15 is 0 Å². The number of aromatic nitrogens is 2. The van der Waals surface area contributed by atoms with E-state index in [2.05, 4.69) is 34.2 Å². The van der Waals surface area contributed by atoms with Gasteiger partial charge in [0.2, 0.25) is 5.95 Å². The minimum Gasteiger partial charge on any atom is -0.342 e. The number of anilines is 1. The zero-order valence-corrected chi connectivity index (χ0v) is 10.8. The molecule has 1 aliphatic heterocycles. The second-order valence-electron chi connectivity index (χ2n) is 4.82. The van der Waals surface area contributed by atoms with Gasteiger partial charge in [0.25, 0.3) is 0 Å². The summed E-state index contributed by atoms with van der Waals surface area (Å²) in [5, 5.41) is 3.49. The zero-order valence-electron chi connectivity index (χ0n) is 10.8. The number of likely N-dealkylation sites (N-methyl/N-ethyl adjacent to an activating group) is 1. The highest BCUT2D eigenvalue weighted by atomic mass is 15.2. The van der Waals surface area contributed by atoms with Gasteiger partial charge in [-0.2, -0.15) is 0 Å². The van der Waals surface area contributed by atoms with Gasteiger partial charge in [0.1, 0.15) is 0 Å². The van der Waals surface area contributed by atoms with Crippen LogP contribution in [0.25, 0.3) is 0 Å². The largest absolute Gasteiger partial charge is 0.342 e. The Bertz CT molecular complexity index is 330. The maximum atomic E-state index is 4.43. The molecule has 1 fully saturated rings. The van der Waals surface area contributed by atoms with Crippen LogP contribution < -0.4 is 10.2 Å². The van der Waals surface area contributed by atoms with Gasteiger partial charge in [0, 0.05) is 32.0 Å². The Morgan fingerprint density at radius 2 is 2.18 bits per heavy atom. The number of rotatable bonds is 5.